The molecule has 0 aliphatic rings. The van der Waals surface area contributed by atoms with Gasteiger partial charge in [0.1, 0.15) is 0 Å². The van der Waals surface area contributed by atoms with Gasteiger partial charge in [0.25, 0.3) is 0 Å². The van der Waals surface area contributed by atoms with Crippen LogP contribution >= 0.6 is 0 Å². The summed E-state index contributed by atoms with van der Waals surface area (Å²) in [4.78, 5) is 11.3. The summed E-state index contributed by atoms with van der Waals surface area (Å²) < 4.78 is 32.3. The van der Waals surface area contributed by atoms with Gasteiger partial charge in [0, 0.05) is 19.5 Å². The monoisotopic (exact) mass is 433 g/mol. The van der Waals surface area contributed by atoms with E-state index in [-0.39, 0.29) is 11.7 Å². The predicted octanol–water partition coefficient (Wildman–Crippen LogP) is 6.07. The highest BCUT2D eigenvalue weighted by Gasteiger charge is 2.20. The second-order valence-corrected chi connectivity index (χ2v) is 10.1. The molecule has 0 saturated carbocycles. The van der Waals surface area contributed by atoms with Crippen molar-refractivity contribution in [1.29, 1.82) is 0 Å². The van der Waals surface area contributed by atoms with Crippen molar-refractivity contribution in [2.24, 2.45) is 0 Å². The highest BCUT2D eigenvalue weighted by molar-refractivity contribution is 7.89. The molecule has 0 aromatic carbocycles. The van der Waals surface area contributed by atoms with Crippen LogP contribution in [0.3, 0.4) is 0 Å². The summed E-state index contributed by atoms with van der Waals surface area (Å²) in [5.74, 6) is 0.0769. The largest absolute Gasteiger partial charge is 0.466 e. The van der Waals surface area contributed by atoms with Crippen LogP contribution in [0.4, 0.5) is 0 Å². The summed E-state index contributed by atoms with van der Waals surface area (Å²) in [6.07, 6.45) is 15.1. The Balaban J connectivity index is 4.26. The number of hydrogen-bond donors (Lipinski definition) is 0. The molecule has 0 aromatic rings. The Labute approximate surface area is 181 Å². The van der Waals surface area contributed by atoms with Gasteiger partial charge >= 0.3 is 5.97 Å². The first-order valence-electron chi connectivity index (χ1n) is 12.1. The van der Waals surface area contributed by atoms with Crippen LogP contribution < -0.4 is 0 Å². The first kappa shape index (κ1) is 28.4. The number of hydrogen-bond acceptors (Lipinski definition) is 4. The van der Waals surface area contributed by atoms with Gasteiger partial charge in [0.05, 0.1) is 12.4 Å². The van der Waals surface area contributed by atoms with Crippen LogP contribution in [0.25, 0.3) is 0 Å². The third-order valence-corrected chi connectivity index (χ3v) is 7.21. The summed E-state index contributed by atoms with van der Waals surface area (Å²) in [6, 6.07) is 0. The Morgan fingerprint density at radius 3 is 1.76 bits per heavy atom. The van der Waals surface area contributed by atoms with Crippen molar-refractivity contribution >= 4 is 16.0 Å². The molecule has 0 aliphatic heterocycles. The van der Waals surface area contributed by atoms with E-state index < -0.39 is 10.0 Å². The molecule has 0 atom stereocenters. The number of carbonyl (C=O) groups excluding carboxylic acids is 1. The average Bonchev–Trinajstić information content (AvgIpc) is 2.68. The maximum Gasteiger partial charge on any atom is 0.305 e. The number of carbonyl (C=O) groups is 1. The zero-order chi connectivity index (χ0) is 21.8. The Morgan fingerprint density at radius 2 is 1.17 bits per heavy atom. The van der Waals surface area contributed by atoms with Gasteiger partial charge in [-0.3, -0.25) is 4.79 Å². The number of rotatable bonds is 21. The molecule has 0 rings (SSSR count). The van der Waals surface area contributed by atoms with Gasteiger partial charge in [-0.2, -0.15) is 0 Å². The van der Waals surface area contributed by atoms with E-state index in [1.807, 2.05) is 6.92 Å². The molecule has 0 bridgehead atoms. The molecular weight excluding hydrogens is 386 g/mol. The Kier molecular flexibility index (Phi) is 18.9. The second kappa shape index (κ2) is 19.3. The molecule has 0 aromatic heterocycles. The van der Waals surface area contributed by atoms with Crippen molar-refractivity contribution in [3.05, 3.63) is 0 Å². The number of sulfonamides is 1. The van der Waals surface area contributed by atoms with E-state index in [9.17, 15) is 13.2 Å². The van der Waals surface area contributed by atoms with Gasteiger partial charge in [-0.1, -0.05) is 78.1 Å². The molecule has 5 nitrogen and oxygen atoms in total. The van der Waals surface area contributed by atoms with Crippen molar-refractivity contribution in [2.45, 2.75) is 117 Å². The standard InChI is InChI=1S/C23H47NO4S/c1-4-7-9-11-13-17-21-24(20-16-10-8-5-2)29(26,27)22-18-14-12-15-19-23(25)28-6-3/h4-22H2,1-3H3. The van der Waals surface area contributed by atoms with Crippen molar-refractivity contribution in [3.63, 3.8) is 0 Å². The van der Waals surface area contributed by atoms with Crippen LogP contribution in [0.5, 0.6) is 0 Å². The van der Waals surface area contributed by atoms with E-state index in [1.54, 1.807) is 4.31 Å². The lowest BCUT2D eigenvalue weighted by atomic mass is 10.1. The van der Waals surface area contributed by atoms with Gasteiger partial charge in [-0.15, -0.1) is 0 Å². The minimum Gasteiger partial charge on any atom is -0.466 e. The molecule has 0 unspecified atom stereocenters. The fourth-order valence-corrected chi connectivity index (χ4v) is 5.08. The quantitative estimate of drug-likeness (QED) is 0.163. The maximum atomic E-state index is 12.8. The molecule has 0 aliphatic carbocycles. The second-order valence-electron chi connectivity index (χ2n) is 8.01. The van der Waals surface area contributed by atoms with E-state index in [1.165, 1.54) is 32.1 Å². The SMILES string of the molecule is CCCCCCCCN(CCCCCC)S(=O)(=O)CCCCCCC(=O)OCC. The van der Waals surface area contributed by atoms with Gasteiger partial charge in [0.2, 0.25) is 10.0 Å². The molecule has 0 amide bonds. The molecule has 0 N–H and O–H groups in total. The predicted molar refractivity (Wildman–Crippen MR) is 123 cm³/mol. The highest BCUT2D eigenvalue weighted by atomic mass is 32.2. The fourth-order valence-electron chi connectivity index (χ4n) is 3.44. The van der Waals surface area contributed by atoms with Gasteiger partial charge in [-0.25, -0.2) is 12.7 Å². The zero-order valence-corrected chi connectivity index (χ0v) is 20.2. The van der Waals surface area contributed by atoms with Crippen LogP contribution in [0.2, 0.25) is 0 Å². The molecule has 6 heteroatoms. The topological polar surface area (TPSA) is 63.7 Å². The highest BCUT2D eigenvalue weighted by Crippen LogP contribution is 2.13. The molecule has 0 heterocycles. The molecule has 0 saturated heterocycles. The third kappa shape index (κ3) is 16.8. The summed E-state index contributed by atoms with van der Waals surface area (Å²) >= 11 is 0. The van der Waals surface area contributed by atoms with Crippen molar-refractivity contribution in [1.82, 2.24) is 4.31 Å². The number of nitrogens with zero attached hydrogens (tertiary/aromatic N) is 1. The summed E-state index contributed by atoms with van der Waals surface area (Å²) in [6.45, 7) is 7.95. The van der Waals surface area contributed by atoms with Crippen LogP contribution in [0, 0.1) is 0 Å². The van der Waals surface area contributed by atoms with Gasteiger partial charge < -0.3 is 4.74 Å². The van der Waals surface area contributed by atoms with Gasteiger partial charge in [0.15, 0.2) is 0 Å². The lowest BCUT2D eigenvalue weighted by Crippen LogP contribution is -2.35. The molecule has 0 radical (unpaired) electrons. The molecular formula is C23H47NO4S. The fraction of sp³-hybridized carbons (Fsp3) is 0.957. The van der Waals surface area contributed by atoms with E-state index in [0.29, 0.717) is 32.5 Å². The normalized spacial score (nSPS) is 11.9. The Hall–Kier alpha value is -0.620. The van der Waals surface area contributed by atoms with E-state index >= 15 is 0 Å². The summed E-state index contributed by atoms with van der Waals surface area (Å²) in [7, 11) is -3.18. The first-order valence-corrected chi connectivity index (χ1v) is 13.7. The maximum absolute atomic E-state index is 12.8. The van der Waals surface area contributed by atoms with Crippen LogP contribution in [0.15, 0.2) is 0 Å². The Morgan fingerprint density at radius 1 is 0.690 bits per heavy atom. The minimum absolute atomic E-state index is 0.155. The van der Waals surface area contributed by atoms with Crippen LogP contribution in [-0.2, 0) is 19.6 Å². The van der Waals surface area contributed by atoms with Crippen LogP contribution in [0.1, 0.15) is 117 Å². The minimum atomic E-state index is -3.18. The van der Waals surface area contributed by atoms with Crippen molar-refractivity contribution < 1.29 is 17.9 Å². The molecule has 0 spiro atoms. The van der Waals surface area contributed by atoms with Crippen LogP contribution in [-0.4, -0.2) is 44.1 Å². The molecule has 174 valence electrons. The molecule has 29 heavy (non-hydrogen) atoms. The first-order chi connectivity index (χ1) is 14.0. The van der Waals surface area contributed by atoms with Gasteiger partial charge in [-0.05, 0) is 32.6 Å². The smallest absolute Gasteiger partial charge is 0.305 e. The number of ether oxygens (including phenoxy) is 1. The third-order valence-electron chi connectivity index (χ3n) is 5.25. The van der Waals surface area contributed by atoms with Crippen molar-refractivity contribution in [2.75, 3.05) is 25.4 Å². The van der Waals surface area contributed by atoms with E-state index in [4.69, 9.17) is 4.74 Å². The average molecular weight is 434 g/mol. The zero-order valence-electron chi connectivity index (χ0n) is 19.4. The molecule has 0 fully saturated rings. The van der Waals surface area contributed by atoms with E-state index in [2.05, 4.69) is 13.8 Å². The summed E-state index contributed by atoms with van der Waals surface area (Å²) in [5.41, 5.74) is 0. The number of unbranched alkanes of at least 4 members (excludes halogenated alkanes) is 11. The summed E-state index contributed by atoms with van der Waals surface area (Å²) in [5, 5.41) is 0. The Bertz CT molecular complexity index is 479. The van der Waals surface area contributed by atoms with Crippen molar-refractivity contribution in [3.8, 4) is 0 Å². The number of esters is 1. The lowest BCUT2D eigenvalue weighted by molar-refractivity contribution is -0.143. The lowest BCUT2D eigenvalue weighted by Gasteiger charge is -2.22. The van der Waals surface area contributed by atoms with E-state index in [0.717, 1.165) is 51.4 Å².